The van der Waals surface area contributed by atoms with Gasteiger partial charge in [-0.25, -0.2) is 8.42 Å². The minimum Gasteiger partial charge on any atom is -0.480 e. The van der Waals surface area contributed by atoms with Crippen LogP contribution in [0.2, 0.25) is 0 Å². The van der Waals surface area contributed by atoms with E-state index in [1.54, 1.807) is 6.07 Å². The van der Waals surface area contributed by atoms with E-state index in [-0.39, 0.29) is 17.9 Å². The van der Waals surface area contributed by atoms with Crippen molar-refractivity contribution < 1.29 is 27.9 Å². The zero-order chi connectivity index (χ0) is 16.3. The molecule has 1 aliphatic heterocycles. The molecule has 0 aliphatic carbocycles. The van der Waals surface area contributed by atoms with Crippen LogP contribution in [-0.2, 0) is 30.8 Å². The molecule has 0 spiro atoms. The van der Waals surface area contributed by atoms with Gasteiger partial charge < -0.3 is 9.84 Å². The highest BCUT2D eigenvalue weighted by Gasteiger charge is 2.39. The number of methoxy groups -OCH3 is 1. The monoisotopic (exact) mass is 327 g/mol. The lowest BCUT2D eigenvalue weighted by molar-refractivity contribution is -0.141. The molecule has 1 saturated heterocycles. The topological polar surface area (TPSA) is 101 Å². The van der Waals surface area contributed by atoms with Crippen molar-refractivity contribution in [1.82, 2.24) is 4.31 Å². The first-order valence-corrected chi connectivity index (χ1v) is 8.20. The summed E-state index contributed by atoms with van der Waals surface area (Å²) in [5.41, 5.74) is 0.499. The van der Waals surface area contributed by atoms with Gasteiger partial charge in [0.25, 0.3) is 0 Å². The van der Waals surface area contributed by atoms with Gasteiger partial charge in [0.05, 0.1) is 18.4 Å². The summed E-state index contributed by atoms with van der Waals surface area (Å²) < 4.78 is 30.8. The van der Waals surface area contributed by atoms with E-state index in [0.29, 0.717) is 18.4 Å². The van der Waals surface area contributed by atoms with Crippen molar-refractivity contribution in [2.75, 3.05) is 13.7 Å². The normalized spacial score (nSPS) is 19.0. The van der Waals surface area contributed by atoms with E-state index in [0.717, 1.165) is 4.31 Å². The quantitative estimate of drug-likeness (QED) is 0.797. The van der Waals surface area contributed by atoms with Crippen molar-refractivity contribution in [3.05, 3.63) is 29.8 Å². The number of hydrogen-bond acceptors (Lipinski definition) is 5. The van der Waals surface area contributed by atoms with E-state index < -0.39 is 28.0 Å². The smallest absolute Gasteiger partial charge is 0.322 e. The van der Waals surface area contributed by atoms with Crippen molar-refractivity contribution in [3.63, 3.8) is 0 Å². The number of carboxylic acid groups (broad SMARTS) is 1. The molecule has 1 atom stereocenters. The lowest BCUT2D eigenvalue weighted by atomic mass is 10.1. The van der Waals surface area contributed by atoms with Crippen molar-refractivity contribution in [2.24, 2.45) is 0 Å². The lowest BCUT2D eigenvalue weighted by Crippen LogP contribution is -2.40. The summed E-state index contributed by atoms with van der Waals surface area (Å²) in [7, 11) is -2.64. The standard InChI is InChI=1S/C14H17NO6S/c1-21-13(16)9-10-4-2-5-11(8-10)22(19,20)15-7-3-6-12(15)14(17)18/h2,4-5,8,12H,3,6-7,9H2,1H3,(H,17,18)/t12-/m1/s1. The molecule has 0 aromatic heterocycles. The van der Waals surface area contributed by atoms with Crippen molar-refractivity contribution >= 4 is 22.0 Å². The average Bonchev–Trinajstić information content (AvgIpc) is 2.98. The van der Waals surface area contributed by atoms with Crippen LogP contribution < -0.4 is 0 Å². The highest BCUT2D eigenvalue weighted by Crippen LogP contribution is 2.26. The van der Waals surface area contributed by atoms with Gasteiger partial charge in [-0.1, -0.05) is 12.1 Å². The summed E-state index contributed by atoms with van der Waals surface area (Å²) in [5, 5.41) is 9.13. The maximum Gasteiger partial charge on any atom is 0.322 e. The Morgan fingerprint density at radius 3 is 2.77 bits per heavy atom. The van der Waals surface area contributed by atoms with Gasteiger partial charge in [0, 0.05) is 6.54 Å². The van der Waals surface area contributed by atoms with Crippen LogP contribution in [0, 0.1) is 0 Å². The highest BCUT2D eigenvalue weighted by molar-refractivity contribution is 7.89. The second-order valence-corrected chi connectivity index (χ2v) is 6.90. The fraction of sp³-hybridized carbons (Fsp3) is 0.429. The van der Waals surface area contributed by atoms with Gasteiger partial charge in [-0.15, -0.1) is 0 Å². The summed E-state index contributed by atoms with van der Waals surface area (Å²) in [4.78, 5) is 22.4. The molecule has 7 nitrogen and oxygen atoms in total. The maximum absolute atomic E-state index is 12.6. The second kappa shape index (κ2) is 6.45. The zero-order valence-electron chi connectivity index (χ0n) is 12.1. The minimum atomic E-state index is -3.90. The summed E-state index contributed by atoms with van der Waals surface area (Å²) in [6.45, 7) is 0.181. The number of hydrogen-bond donors (Lipinski definition) is 1. The minimum absolute atomic E-state index is 0.0120. The number of rotatable bonds is 5. The Balaban J connectivity index is 2.31. The van der Waals surface area contributed by atoms with Crippen LogP contribution in [0.3, 0.4) is 0 Å². The molecule has 1 N–H and O–H groups in total. The Labute approximate surface area is 128 Å². The molecule has 8 heteroatoms. The summed E-state index contributed by atoms with van der Waals surface area (Å²) in [6.07, 6.45) is 0.774. The van der Waals surface area contributed by atoms with Gasteiger partial charge in [-0.3, -0.25) is 9.59 Å². The van der Waals surface area contributed by atoms with Crippen LogP contribution in [0.25, 0.3) is 0 Å². The first-order valence-electron chi connectivity index (χ1n) is 6.76. The van der Waals surface area contributed by atoms with E-state index >= 15 is 0 Å². The number of sulfonamides is 1. The van der Waals surface area contributed by atoms with Crippen LogP contribution in [0.15, 0.2) is 29.2 Å². The molecule has 0 amide bonds. The van der Waals surface area contributed by atoms with E-state index in [4.69, 9.17) is 5.11 Å². The van der Waals surface area contributed by atoms with Crippen molar-refractivity contribution in [3.8, 4) is 0 Å². The Bertz CT molecular complexity index is 684. The van der Waals surface area contributed by atoms with E-state index in [9.17, 15) is 18.0 Å². The summed E-state index contributed by atoms with van der Waals surface area (Å²) in [5.74, 6) is -1.62. The Morgan fingerprint density at radius 2 is 2.14 bits per heavy atom. The third-order valence-corrected chi connectivity index (χ3v) is 5.47. The molecule has 1 heterocycles. The third-order valence-electron chi connectivity index (χ3n) is 3.57. The number of esters is 1. The predicted molar refractivity (Wildman–Crippen MR) is 76.7 cm³/mol. The van der Waals surface area contributed by atoms with Crippen LogP contribution in [0.1, 0.15) is 18.4 Å². The number of ether oxygens (including phenoxy) is 1. The van der Waals surface area contributed by atoms with Crippen LogP contribution >= 0.6 is 0 Å². The van der Waals surface area contributed by atoms with Gasteiger partial charge in [0.1, 0.15) is 6.04 Å². The SMILES string of the molecule is COC(=O)Cc1cccc(S(=O)(=O)N2CCC[C@@H]2C(=O)O)c1. The summed E-state index contributed by atoms with van der Waals surface area (Å²) in [6, 6.07) is 4.89. The Morgan fingerprint density at radius 1 is 1.41 bits per heavy atom. The third kappa shape index (κ3) is 3.28. The van der Waals surface area contributed by atoms with Gasteiger partial charge in [-0.05, 0) is 30.5 Å². The number of nitrogens with zero attached hydrogens (tertiary/aromatic N) is 1. The molecule has 1 aliphatic rings. The molecule has 1 aromatic rings. The predicted octanol–water partition coefficient (Wildman–Crippen LogP) is 0.640. The molecule has 1 aromatic carbocycles. The second-order valence-electron chi connectivity index (χ2n) is 5.01. The van der Waals surface area contributed by atoms with E-state index in [2.05, 4.69) is 4.74 Å². The molecule has 0 radical (unpaired) electrons. The molecular formula is C14H17NO6S. The highest BCUT2D eigenvalue weighted by atomic mass is 32.2. The number of benzene rings is 1. The maximum atomic E-state index is 12.6. The average molecular weight is 327 g/mol. The molecule has 2 rings (SSSR count). The van der Waals surface area contributed by atoms with Gasteiger partial charge >= 0.3 is 11.9 Å². The number of carbonyl (C=O) groups excluding carboxylic acids is 1. The molecule has 120 valence electrons. The van der Waals surface area contributed by atoms with Crippen LogP contribution in [-0.4, -0.2) is 49.5 Å². The van der Waals surface area contributed by atoms with Gasteiger partial charge in [-0.2, -0.15) is 4.31 Å². The lowest BCUT2D eigenvalue weighted by Gasteiger charge is -2.21. The fourth-order valence-electron chi connectivity index (χ4n) is 2.46. The van der Waals surface area contributed by atoms with Crippen molar-refractivity contribution in [2.45, 2.75) is 30.2 Å². The van der Waals surface area contributed by atoms with E-state index in [1.807, 2.05) is 0 Å². The molecule has 0 unspecified atom stereocenters. The largest absolute Gasteiger partial charge is 0.480 e. The molecule has 22 heavy (non-hydrogen) atoms. The van der Waals surface area contributed by atoms with Gasteiger partial charge in [0.15, 0.2) is 0 Å². The number of carbonyl (C=O) groups is 2. The first kappa shape index (κ1) is 16.4. The molecular weight excluding hydrogens is 310 g/mol. The van der Waals surface area contributed by atoms with Gasteiger partial charge in [0.2, 0.25) is 10.0 Å². The van der Waals surface area contributed by atoms with Crippen LogP contribution in [0.5, 0.6) is 0 Å². The Kier molecular flexibility index (Phi) is 4.82. The van der Waals surface area contributed by atoms with Crippen molar-refractivity contribution in [1.29, 1.82) is 0 Å². The molecule has 0 bridgehead atoms. The number of carboxylic acids is 1. The zero-order valence-corrected chi connectivity index (χ0v) is 12.9. The molecule has 0 saturated carbocycles. The summed E-state index contributed by atoms with van der Waals surface area (Å²) >= 11 is 0. The Hall–Kier alpha value is -1.93. The fourth-order valence-corrected chi connectivity index (χ4v) is 4.19. The first-order chi connectivity index (χ1) is 10.4. The molecule has 1 fully saturated rings. The van der Waals surface area contributed by atoms with E-state index in [1.165, 1.54) is 25.3 Å². The number of aliphatic carboxylic acids is 1. The van der Waals surface area contributed by atoms with Crippen LogP contribution in [0.4, 0.5) is 0 Å².